The number of halogens is 2. The van der Waals surface area contributed by atoms with Gasteiger partial charge >= 0.3 is 14.8 Å². The molecular formula is C61H63F2N8O11P. The van der Waals surface area contributed by atoms with E-state index in [-0.39, 0.29) is 105 Å². The van der Waals surface area contributed by atoms with Gasteiger partial charge in [0.2, 0.25) is 35.4 Å². The molecule has 9 rings (SSSR count). The predicted molar refractivity (Wildman–Crippen MR) is 299 cm³/mol. The Morgan fingerprint density at radius 2 is 1.58 bits per heavy atom. The van der Waals surface area contributed by atoms with E-state index in [1.54, 1.807) is 12.1 Å². The smallest absolute Gasteiger partial charge is 0.370 e. The molecule has 5 aromatic rings. The van der Waals surface area contributed by atoms with Gasteiger partial charge < -0.3 is 36.5 Å². The standard InChI is InChI=1S/C61H63F2N8O11P/c62-61(63,82-83-81)40-21-24-46-39(31-40)32-49(66-46)56(76)68-48-25-22-41(65-54(74)20-11-3-1-2-6-17-38-18-12-19-43-45(38)35-70(59(43)79)50-28-30-55(75)69-57(50)77)33-42-23-27-51(71(42)60(48)80)58(78)67-47(26-29-53(64)73)52(72)34-44(36-13-7-4-8-14-36)37-15-9-5-10-16-37/h4-5,7-10,12-16,18-19,21,24,31-32,41-42,44,47-48,50-51,66H,1-3,11,20,22-23,25-30,33-35H2,(H2,64,73)(H,65,74)(H,67,78)(H,68,76)(H,69,75,77)/t41-,42-,47+,48+,50?,51+/m1/s1. The summed E-state index contributed by atoms with van der Waals surface area (Å²) in [4.78, 5) is 127. The number of H-pyrrole nitrogens is 1. The third-order valence-corrected chi connectivity index (χ3v) is 16.3. The molecular weight excluding hydrogens is 1090 g/mol. The van der Waals surface area contributed by atoms with Gasteiger partial charge in [-0.15, -0.1) is 0 Å². The third-order valence-electron chi connectivity index (χ3n) is 15.9. The number of alkyl halides is 2. The maximum Gasteiger partial charge on any atom is 0.393 e. The number of nitrogens with two attached hydrogens (primary N) is 1. The number of imide groups is 1. The van der Waals surface area contributed by atoms with Crippen LogP contribution in [0.5, 0.6) is 0 Å². The maximum atomic E-state index is 14.9. The maximum absolute atomic E-state index is 14.9. The number of aromatic nitrogens is 1. The zero-order chi connectivity index (χ0) is 58.8. The highest BCUT2D eigenvalue weighted by Crippen LogP contribution is 2.37. The highest BCUT2D eigenvalue weighted by Gasteiger charge is 2.47. The van der Waals surface area contributed by atoms with Gasteiger partial charge in [0.15, 0.2) is 5.78 Å². The number of carbonyl (C=O) groups excluding carboxylic acids is 9. The molecule has 3 saturated heterocycles. The molecule has 0 bridgehead atoms. The van der Waals surface area contributed by atoms with E-state index in [4.69, 9.17) is 5.73 Å². The Morgan fingerprint density at radius 1 is 0.831 bits per heavy atom. The fraction of sp³-hybridized carbons (Fsp3) is 0.393. The second-order valence-corrected chi connectivity index (χ2v) is 21.8. The van der Waals surface area contributed by atoms with Gasteiger partial charge in [0.25, 0.3) is 11.8 Å². The molecule has 1 unspecified atom stereocenters. The van der Waals surface area contributed by atoms with E-state index in [1.807, 2.05) is 66.7 Å². The van der Waals surface area contributed by atoms with E-state index < -0.39 is 92.1 Å². The molecule has 0 aliphatic carbocycles. The van der Waals surface area contributed by atoms with Gasteiger partial charge in [-0.3, -0.25) is 48.5 Å². The molecule has 4 aliphatic rings. The van der Waals surface area contributed by atoms with Crippen molar-refractivity contribution in [2.24, 2.45) is 5.73 Å². The summed E-state index contributed by atoms with van der Waals surface area (Å²) in [6, 6.07) is 23.5. The van der Waals surface area contributed by atoms with E-state index in [2.05, 4.69) is 42.6 Å². The molecule has 0 radical (unpaired) electrons. The summed E-state index contributed by atoms with van der Waals surface area (Å²) in [7, 11) is -1.23. The molecule has 1 aromatic heterocycles. The van der Waals surface area contributed by atoms with Crippen molar-refractivity contribution in [1.82, 2.24) is 36.1 Å². The van der Waals surface area contributed by atoms with Crippen LogP contribution >= 0.6 is 8.69 Å². The molecule has 19 nitrogen and oxygen atoms in total. The van der Waals surface area contributed by atoms with E-state index in [1.165, 1.54) is 21.9 Å². The number of aromatic amines is 1. The van der Waals surface area contributed by atoms with E-state index in [9.17, 15) is 56.5 Å². The van der Waals surface area contributed by atoms with E-state index in [0.29, 0.717) is 48.7 Å². The molecule has 4 aliphatic heterocycles. The first-order valence-corrected chi connectivity index (χ1v) is 28.6. The Labute approximate surface area is 478 Å². The third kappa shape index (κ3) is 14.2. The van der Waals surface area contributed by atoms with Gasteiger partial charge in [-0.25, -0.2) is 9.09 Å². The number of amides is 8. The van der Waals surface area contributed by atoms with Crippen LogP contribution in [-0.4, -0.2) is 104 Å². The van der Waals surface area contributed by atoms with Gasteiger partial charge in [0.1, 0.15) is 23.8 Å². The number of benzene rings is 4. The zero-order valence-electron chi connectivity index (χ0n) is 45.3. The summed E-state index contributed by atoms with van der Waals surface area (Å²) >= 11 is 0. The lowest BCUT2D eigenvalue weighted by atomic mass is 9.85. The average Bonchev–Trinajstić information content (AvgIpc) is 4.14. The minimum Gasteiger partial charge on any atom is -0.370 e. The Bertz CT molecular complexity index is 3350. The van der Waals surface area contributed by atoms with Crippen molar-refractivity contribution in [3.63, 3.8) is 0 Å². The molecule has 8 amide bonds. The molecule has 4 aromatic carbocycles. The lowest BCUT2D eigenvalue weighted by molar-refractivity contribution is -0.178. The summed E-state index contributed by atoms with van der Waals surface area (Å²) in [5, 5.41) is 11.3. The van der Waals surface area contributed by atoms with Crippen LogP contribution in [0.4, 0.5) is 8.78 Å². The van der Waals surface area contributed by atoms with Crippen LogP contribution in [0.3, 0.4) is 0 Å². The SMILES string of the molecule is NC(=O)CC[C@H](NC(=O)[C@@H]1CC[C@@H]2C[C@H](NC(=O)CCCCCC#Cc3cccc4c3CN(C3CCC(=O)NC3=O)C4=O)CC[C@H](NC(=O)c3cc4cc(C(F)(F)OP=O)ccc4[nH]3)C(=O)N21)C(=O)CC(c1ccccc1)c1ccccc1. The van der Waals surface area contributed by atoms with Crippen molar-refractivity contribution in [3.05, 3.63) is 142 Å². The van der Waals surface area contributed by atoms with Gasteiger partial charge in [0, 0.05) is 78.7 Å². The number of hydrogen-bond donors (Lipinski definition) is 6. The summed E-state index contributed by atoms with van der Waals surface area (Å²) in [6.45, 7) is 0.207. The fourth-order valence-electron chi connectivity index (χ4n) is 11.7. The molecule has 22 heteroatoms. The molecule has 0 saturated carbocycles. The van der Waals surface area contributed by atoms with Crippen LogP contribution in [0.25, 0.3) is 10.9 Å². The van der Waals surface area contributed by atoms with Crippen molar-refractivity contribution >= 4 is 72.6 Å². The Kier molecular flexibility index (Phi) is 19.0. The minimum absolute atomic E-state index is 0.0296. The van der Waals surface area contributed by atoms with Gasteiger partial charge in [0.05, 0.1) is 11.6 Å². The zero-order valence-corrected chi connectivity index (χ0v) is 46.2. The quantitative estimate of drug-likeness (QED) is 0.0180. The number of nitrogens with one attached hydrogen (secondary N) is 5. The summed E-state index contributed by atoms with van der Waals surface area (Å²) in [5.41, 5.74) is 8.82. The number of ketones is 1. The summed E-state index contributed by atoms with van der Waals surface area (Å²) in [6.07, 6.45) is -0.161. The van der Waals surface area contributed by atoms with Gasteiger partial charge in [-0.1, -0.05) is 85.0 Å². The van der Waals surface area contributed by atoms with Crippen LogP contribution in [-0.2, 0) is 55.3 Å². The number of rotatable bonds is 22. The number of carbonyl (C=O) groups is 9. The van der Waals surface area contributed by atoms with E-state index in [0.717, 1.165) is 28.8 Å². The Balaban J connectivity index is 0.868. The van der Waals surface area contributed by atoms with Crippen LogP contribution in [0.2, 0.25) is 0 Å². The minimum atomic E-state index is -3.90. The number of unbranched alkanes of at least 4 members (excludes halogenated alkanes) is 3. The van der Waals surface area contributed by atoms with Crippen molar-refractivity contribution in [1.29, 1.82) is 0 Å². The number of fused-ring (bicyclic) bond motifs is 3. The number of hydrogen-bond acceptors (Lipinski definition) is 11. The average molecular weight is 1150 g/mol. The predicted octanol–water partition coefficient (Wildman–Crippen LogP) is 6.87. The highest BCUT2D eigenvalue weighted by molar-refractivity contribution is 7.17. The second kappa shape index (κ2) is 26.6. The first-order valence-electron chi connectivity index (χ1n) is 27.9. The van der Waals surface area contributed by atoms with Crippen molar-refractivity contribution in [3.8, 4) is 11.8 Å². The molecule has 5 heterocycles. The topological polar surface area (TPSA) is 276 Å². The molecule has 432 valence electrons. The Hall–Kier alpha value is -8.47. The highest BCUT2D eigenvalue weighted by atomic mass is 31.1. The molecule has 3 fully saturated rings. The second-order valence-electron chi connectivity index (χ2n) is 21.5. The van der Waals surface area contributed by atoms with Crippen LogP contribution < -0.4 is 27.0 Å². The summed E-state index contributed by atoms with van der Waals surface area (Å²) in [5.74, 6) is 1.59. The first kappa shape index (κ1) is 59.2. The first-order chi connectivity index (χ1) is 40.0. The summed E-state index contributed by atoms with van der Waals surface area (Å²) < 4.78 is 44.0. The van der Waals surface area contributed by atoms with Crippen LogP contribution in [0.1, 0.15) is 151 Å². The lowest BCUT2D eigenvalue weighted by Crippen LogP contribution is -2.59. The molecule has 0 spiro atoms. The number of primary amides is 1. The van der Waals surface area contributed by atoms with Crippen LogP contribution in [0.15, 0.2) is 103 Å². The van der Waals surface area contributed by atoms with Crippen molar-refractivity contribution in [2.45, 2.75) is 151 Å². The number of nitrogens with zero attached hydrogens (tertiary/aromatic N) is 2. The van der Waals surface area contributed by atoms with Crippen molar-refractivity contribution < 1.29 is 61.0 Å². The van der Waals surface area contributed by atoms with Gasteiger partial charge in [-0.05, 0) is 111 Å². The van der Waals surface area contributed by atoms with Crippen molar-refractivity contribution in [2.75, 3.05) is 0 Å². The molecule has 83 heavy (non-hydrogen) atoms. The fourth-order valence-corrected chi connectivity index (χ4v) is 11.9. The molecule has 7 N–H and O–H groups in total. The Morgan fingerprint density at radius 3 is 2.29 bits per heavy atom. The lowest BCUT2D eigenvalue weighted by Gasteiger charge is -2.38. The monoisotopic (exact) mass is 1150 g/mol. The van der Waals surface area contributed by atoms with Crippen LogP contribution in [0, 0.1) is 11.8 Å². The number of Topliss-reactive ketones (excluding diaryl/α,β-unsaturated/α-hetero) is 1. The molecule has 6 atom stereocenters. The number of piperidine rings is 1. The van der Waals surface area contributed by atoms with Gasteiger partial charge in [-0.2, -0.15) is 8.78 Å². The van der Waals surface area contributed by atoms with E-state index >= 15 is 0 Å². The largest absolute Gasteiger partial charge is 0.393 e. The normalized spacial score (nSPS) is 20.2.